The topological polar surface area (TPSA) is 99.5 Å². The second-order valence-corrected chi connectivity index (χ2v) is 5.12. The van der Waals surface area contributed by atoms with Crippen LogP contribution < -0.4 is 15.6 Å². The average Bonchev–Trinajstić information content (AvgIpc) is 2.63. The Bertz CT molecular complexity index is 799. The third kappa shape index (κ3) is 5.17. The van der Waals surface area contributed by atoms with E-state index in [1.807, 2.05) is 12.1 Å². The molecule has 1 N–H and O–H groups in total. The molecule has 0 saturated heterocycles. The number of ether oxygens (including phenoxy) is 2. The summed E-state index contributed by atoms with van der Waals surface area (Å²) in [5.74, 6) is -0.121. The molecular formula is C17H19N3O5. The van der Waals surface area contributed by atoms with Crippen molar-refractivity contribution < 1.29 is 19.1 Å². The lowest BCUT2D eigenvalue weighted by atomic mass is 10.1. The minimum atomic E-state index is -0.419. The maximum absolute atomic E-state index is 11.9. The van der Waals surface area contributed by atoms with Crippen molar-refractivity contribution in [2.45, 2.75) is 13.0 Å². The Morgan fingerprint density at radius 2 is 1.84 bits per heavy atom. The number of rotatable bonds is 7. The highest BCUT2D eigenvalue weighted by Crippen LogP contribution is 2.19. The fraction of sp³-hybridized carbons (Fsp3) is 0.294. The van der Waals surface area contributed by atoms with E-state index < -0.39 is 11.9 Å². The summed E-state index contributed by atoms with van der Waals surface area (Å²) in [5.41, 5.74) is 0.964. The number of amides is 1. The predicted molar refractivity (Wildman–Crippen MR) is 90.1 cm³/mol. The van der Waals surface area contributed by atoms with E-state index in [2.05, 4.69) is 15.2 Å². The smallest absolute Gasteiger partial charge is 0.307 e. The van der Waals surface area contributed by atoms with Gasteiger partial charge in [0.25, 0.3) is 5.56 Å². The summed E-state index contributed by atoms with van der Waals surface area (Å²) in [7, 11) is 2.85. The largest absolute Gasteiger partial charge is 0.497 e. The molecule has 1 aromatic heterocycles. The monoisotopic (exact) mass is 345 g/mol. The second-order valence-electron chi connectivity index (χ2n) is 5.12. The molecule has 2 aromatic rings. The van der Waals surface area contributed by atoms with Gasteiger partial charge in [-0.25, -0.2) is 4.68 Å². The molecular weight excluding hydrogens is 326 g/mol. The van der Waals surface area contributed by atoms with Crippen LogP contribution in [0.3, 0.4) is 0 Å². The highest BCUT2D eigenvalue weighted by molar-refractivity contribution is 5.76. The summed E-state index contributed by atoms with van der Waals surface area (Å²) in [4.78, 5) is 34.8. The molecule has 8 heteroatoms. The highest BCUT2D eigenvalue weighted by atomic mass is 16.5. The van der Waals surface area contributed by atoms with E-state index in [4.69, 9.17) is 4.74 Å². The second kappa shape index (κ2) is 8.62. The first-order valence-corrected chi connectivity index (χ1v) is 7.59. The SMILES string of the molecule is COC(=O)CCNC(=O)Cn1nc(-c2ccc(OC)cc2)ccc1=O. The molecule has 25 heavy (non-hydrogen) atoms. The van der Waals surface area contributed by atoms with Crippen LogP contribution in [0.2, 0.25) is 0 Å². The lowest BCUT2D eigenvalue weighted by Gasteiger charge is -2.08. The molecule has 0 fully saturated rings. The molecule has 0 aliphatic rings. The van der Waals surface area contributed by atoms with Gasteiger partial charge in [0.1, 0.15) is 12.3 Å². The molecule has 0 aliphatic carbocycles. The summed E-state index contributed by atoms with van der Waals surface area (Å²) in [5, 5.41) is 6.75. The minimum absolute atomic E-state index is 0.0659. The van der Waals surface area contributed by atoms with E-state index in [0.29, 0.717) is 11.4 Å². The van der Waals surface area contributed by atoms with E-state index >= 15 is 0 Å². The zero-order valence-electron chi connectivity index (χ0n) is 14.0. The Hall–Kier alpha value is -3.16. The van der Waals surface area contributed by atoms with Crippen LogP contribution in [0.25, 0.3) is 11.3 Å². The van der Waals surface area contributed by atoms with Gasteiger partial charge in [0.05, 0.1) is 26.3 Å². The molecule has 1 heterocycles. The first kappa shape index (κ1) is 18.2. The fourth-order valence-electron chi connectivity index (χ4n) is 2.08. The third-order valence-corrected chi connectivity index (χ3v) is 3.42. The molecule has 1 aromatic carbocycles. The standard InChI is InChI=1S/C17H19N3O5/c1-24-13-5-3-12(4-6-13)14-7-8-16(22)20(19-14)11-15(21)18-10-9-17(23)25-2/h3-8H,9-11H2,1-2H3,(H,18,21). The van der Waals surface area contributed by atoms with Gasteiger partial charge in [0, 0.05) is 18.2 Å². The Morgan fingerprint density at radius 1 is 1.12 bits per heavy atom. The number of esters is 1. The summed E-state index contributed by atoms with van der Waals surface area (Å²) >= 11 is 0. The van der Waals surface area contributed by atoms with Crippen LogP contribution in [0, 0.1) is 0 Å². The molecule has 0 spiro atoms. The first-order chi connectivity index (χ1) is 12.0. The van der Waals surface area contributed by atoms with Crippen molar-refractivity contribution in [2.75, 3.05) is 20.8 Å². The molecule has 132 valence electrons. The van der Waals surface area contributed by atoms with Gasteiger partial charge < -0.3 is 14.8 Å². The zero-order chi connectivity index (χ0) is 18.2. The number of carbonyl (C=O) groups excluding carboxylic acids is 2. The van der Waals surface area contributed by atoms with Crippen molar-refractivity contribution in [3.63, 3.8) is 0 Å². The minimum Gasteiger partial charge on any atom is -0.497 e. The van der Waals surface area contributed by atoms with Crippen LogP contribution in [0.1, 0.15) is 6.42 Å². The molecule has 0 aliphatic heterocycles. The molecule has 0 atom stereocenters. The number of hydrogen-bond acceptors (Lipinski definition) is 6. The van der Waals surface area contributed by atoms with Crippen LogP contribution in [0.15, 0.2) is 41.2 Å². The van der Waals surface area contributed by atoms with Gasteiger partial charge in [0.15, 0.2) is 0 Å². The van der Waals surface area contributed by atoms with Crippen molar-refractivity contribution in [3.05, 3.63) is 46.8 Å². The molecule has 2 rings (SSSR count). The molecule has 0 bridgehead atoms. The molecule has 8 nitrogen and oxygen atoms in total. The Kier molecular flexibility index (Phi) is 6.27. The van der Waals surface area contributed by atoms with Crippen LogP contribution in [0.4, 0.5) is 0 Å². The van der Waals surface area contributed by atoms with Gasteiger partial charge in [-0.05, 0) is 30.3 Å². The van der Waals surface area contributed by atoms with Crippen molar-refractivity contribution >= 4 is 11.9 Å². The van der Waals surface area contributed by atoms with E-state index in [-0.39, 0.29) is 25.1 Å². The summed E-state index contributed by atoms with van der Waals surface area (Å²) in [6.45, 7) is -0.0948. The highest BCUT2D eigenvalue weighted by Gasteiger charge is 2.09. The number of nitrogens with one attached hydrogen (secondary N) is 1. The quantitative estimate of drug-likeness (QED) is 0.738. The third-order valence-electron chi connectivity index (χ3n) is 3.42. The maximum atomic E-state index is 11.9. The van der Waals surface area contributed by atoms with Gasteiger partial charge in [-0.3, -0.25) is 14.4 Å². The van der Waals surface area contributed by atoms with Gasteiger partial charge >= 0.3 is 5.97 Å². The Labute approximate surface area is 144 Å². The number of carbonyl (C=O) groups is 2. The van der Waals surface area contributed by atoms with E-state index in [1.165, 1.54) is 13.2 Å². The zero-order valence-corrected chi connectivity index (χ0v) is 14.0. The van der Waals surface area contributed by atoms with Gasteiger partial charge in [0.2, 0.25) is 5.91 Å². The van der Waals surface area contributed by atoms with Crippen LogP contribution in [-0.2, 0) is 20.9 Å². The fourth-order valence-corrected chi connectivity index (χ4v) is 2.08. The van der Waals surface area contributed by atoms with Gasteiger partial charge in [-0.2, -0.15) is 5.10 Å². The molecule has 1 amide bonds. The van der Waals surface area contributed by atoms with Crippen molar-refractivity contribution in [1.29, 1.82) is 0 Å². The normalized spacial score (nSPS) is 10.2. The van der Waals surface area contributed by atoms with Crippen molar-refractivity contribution in [1.82, 2.24) is 15.1 Å². The predicted octanol–water partition coefficient (Wildman–Crippen LogP) is 0.598. The number of aromatic nitrogens is 2. The van der Waals surface area contributed by atoms with Gasteiger partial charge in [-0.15, -0.1) is 0 Å². The molecule has 0 unspecified atom stereocenters. The van der Waals surface area contributed by atoms with Crippen molar-refractivity contribution in [3.8, 4) is 17.0 Å². The molecule has 0 saturated carbocycles. The maximum Gasteiger partial charge on any atom is 0.307 e. The van der Waals surface area contributed by atoms with Gasteiger partial charge in [-0.1, -0.05) is 0 Å². The average molecular weight is 345 g/mol. The Balaban J connectivity index is 2.06. The van der Waals surface area contributed by atoms with Crippen LogP contribution >= 0.6 is 0 Å². The van der Waals surface area contributed by atoms with Crippen LogP contribution in [0.5, 0.6) is 5.75 Å². The van der Waals surface area contributed by atoms with E-state index in [0.717, 1.165) is 10.2 Å². The Morgan fingerprint density at radius 3 is 2.48 bits per heavy atom. The van der Waals surface area contributed by atoms with E-state index in [9.17, 15) is 14.4 Å². The van der Waals surface area contributed by atoms with Crippen LogP contribution in [-0.4, -0.2) is 42.4 Å². The summed E-state index contributed by atoms with van der Waals surface area (Å²) in [6.07, 6.45) is 0.0659. The van der Waals surface area contributed by atoms with Crippen molar-refractivity contribution in [2.24, 2.45) is 0 Å². The number of hydrogen-bond donors (Lipinski definition) is 1. The molecule has 0 radical (unpaired) electrons. The number of methoxy groups -OCH3 is 2. The summed E-state index contributed by atoms with van der Waals surface area (Å²) < 4.78 is 10.7. The lowest BCUT2D eigenvalue weighted by molar-refractivity contribution is -0.140. The van der Waals surface area contributed by atoms with E-state index in [1.54, 1.807) is 25.3 Å². The number of benzene rings is 1. The first-order valence-electron chi connectivity index (χ1n) is 7.59. The summed E-state index contributed by atoms with van der Waals surface area (Å²) in [6, 6.07) is 10.1. The number of nitrogens with zero attached hydrogens (tertiary/aromatic N) is 2. The lowest BCUT2D eigenvalue weighted by Crippen LogP contribution is -2.34.